The van der Waals surface area contributed by atoms with Gasteiger partial charge in [-0.2, -0.15) is 4.31 Å². The van der Waals surface area contributed by atoms with Gasteiger partial charge in [-0.3, -0.25) is 4.79 Å². The minimum atomic E-state index is -3.70. The predicted octanol–water partition coefficient (Wildman–Crippen LogP) is 4.35. The molecule has 3 rings (SSSR count). The van der Waals surface area contributed by atoms with E-state index in [0.29, 0.717) is 18.8 Å². The van der Waals surface area contributed by atoms with E-state index in [1.54, 1.807) is 18.2 Å². The Morgan fingerprint density at radius 2 is 1.68 bits per heavy atom. The van der Waals surface area contributed by atoms with Crippen LogP contribution < -0.4 is 5.32 Å². The quantitative estimate of drug-likeness (QED) is 0.614. The van der Waals surface area contributed by atoms with Gasteiger partial charge in [-0.15, -0.1) is 0 Å². The average molecular weight is 485 g/mol. The molecule has 31 heavy (non-hydrogen) atoms. The van der Waals surface area contributed by atoms with Crippen molar-refractivity contribution >= 4 is 50.8 Å². The molecule has 1 N–H and O–H groups in total. The Morgan fingerprint density at radius 3 is 2.39 bits per heavy atom. The van der Waals surface area contributed by atoms with Crippen molar-refractivity contribution in [3.05, 3.63) is 58.1 Å². The first-order valence-electron chi connectivity index (χ1n) is 9.80. The molecule has 1 heterocycles. The summed E-state index contributed by atoms with van der Waals surface area (Å²) < 4.78 is 32.3. The van der Waals surface area contributed by atoms with Crippen LogP contribution in [0.25, 0.3) is 0 Å². The Bertz CT molecular complexity index is 1070. The summed E-state index contributed by atoms with van der Waals surface area (Å²) in [4.78, 5) is 24.5. The standard InChI is InChI=1S/C21H22Cl2N2O5S/c22-17-9-6-10-18(20(17)23)24-19(26)14-30-21(27)15-7-5-8-16(13-15)31(28,29)25-11-3-1-2-4-12-25/h5-10,13H,1-4,11-12,14H2,(H,24,26). The number of esters is 1. The van der Waals surface area contributed by atoms with E-state index in [9.17, 15) is 18.0 Å². The van der Waals surface area contributed by atoms with Crippen molar-refractivity contribution in [2.75, 3.05) is 25.0 Å². The molecule has 1 aliphatic heterocycles. The van der Waals surface area contributed by atoms with Gasteiger partial charge in [0.2, 0.25) is 10.0 Å². The summed E-state index contributed by atoms with van der Waals surface area (Å²) in [7, 11) is -3.70. The maximum Gasteiger partial charge on any atom is 0.338 e. The first-order valence-corrected chi connectivity index (χ1v) is 12.0. The van der Waals surface area contributed by atoms with Crippen molar-refractivity contribution in [3.8, 4) is 0 Å². The summed E-state index contributed by atoms with van der Waals surface area (Å²) in [5.41, 5.74) is 0.338. The van der Waals surface area contributed by atoms with Gasteiger partial charge in [0, 0.05) is 13.1 Å². The van der Waals surface area contributed by atoms with Gasteiger partial charge in [0.25, 0.3) is 5.91 Å². The Kier molecular flexibility index (Phi) is 7.94. The highest BCUT2D eigenvalue weighted by molar-refractivity contribution is 7.89. The number of hydrogen-bond donors (Lipinski definition) is 1. The topological polar surface area (TPSA) is 92.8 Å². The van der Waals surface area contributed by atoms with Crippen LogP contribution in [0.5, 0.6) is 0 Å². The lowest BCUT2D eigenvalue weighted by molar-refractivity contribution is -0.119. The number of carbonyl (C=O) groups is 2. The van der Waals surface area contributed by atoms with E-state index in [1.807, 2.05) is 0 Å². The van der Waals surface area contributed by atoms with Gasteiger partial charge >= 0.3 is 5.97 Å². The van der Waals surface area contributed by atoms with Crippen LogP contribution in [-0.2, 0) is 19.6 Å². The maximum atomic E-state index is 12.9. The first kappa shape index (κ1) is 23.5. The highest BCUT2D eigenvalue weighted by Gasteiger charge is 2.26. The molecule has 1 amide bonds. The normalized spacial score (nSPS) is 15.2. The van der Waals surface area contributed by atoms with E-state index >= 15 is 0 Å². The van der Waals surface area contributed by atoms with Crippen molar-refractivity contribution in [3.63, 3.8) is 0 Å². The lowest BCUT2D eigenvalue weighted by Crippen LogP contribution is -2.32. The second kappa shape index (κ2) is 10.5. The lowest BCUT2D eigenvalue weighted by Gasteiger charge is -2.20. The molecule has 10 heteroatoms. The molecule has 0 saturated carbocycles. The van der Waals surface area contributed by atoms with Crippen LogP contribution >= 0.6 is 23.2 Å². The third-order valence-electron chi connectivity index (χ3n) is 4.83. The fourth-order valence-corrected chi connectivity index (χ4v) is 5.13. The van der Waals surface area contributed by atoms with E-state index < -0.39 is 28.5 Å². The molecule has 1 fully saturated rings. The summed E-state index contributed by atoms with van der Waals surface area (Å²) in [6, 6.07) is 10.4. The number of sulfonamides is 1. The van der Waals surface area contributed by atoms with Gasteiger partial charge in [-0.25, -0.2) is 13.2 Å². The maximum absolute atomic E-state index is 12.9. The number of benzene rings is 2. The number of hydrogen-bond acceptors (Lipinski definition) is 5. The molecular formula is C21H22Cl2N2O5S. The van der Waals surface area contributed by atoms with E-state index in [0.717, 1.165) is 25.7 Å². The monoisotopic (exact) mass is 484 g/mol. The van der Waals surface area contributed by atoms with Gasteiger partial charge in [-0.1, -0.05) is 48.2 Å². The molecule has 1 aliphatic rings. The lowest BCUT2D eigenvalue weighted by atomic mass is 10.2. The second-order valence-corrected chi connectivity index (χ2v) is 9.79. The number of halogens is 2. The van der Waals surface area contributed by atoms with Gasteiger partial charge in [-0.05, 0) is 43.2 Å². The third-order valence-corrected chi connectivity index (χ3v) is 7.55. The number of ether oxygens (including phenoxy) is 1. The molecule has 0 bridgehead atoms. The van der Waals surface area contributed by atoms with Crippen molar-refractivity contribution < 1.29 is 22.7 Å². The fraction of sp³-hybridized carbons (Fsp3) is 0.333. The van der Waals surface area contributed by atoms with Crippen molar-refractivity contribution in [2.45, 2.75) is 30.6 Å². The molecule has 2 aromatic rings. The molecule has 166 valence electrons. The van der Waals surface area contributed by atoms with Crippen molar-refractivity contribution in [2.24, 2.45) is 0 Å². The number of carbonyl (C=O) groups excluding carboxylic acids is 2. The summed E-state index contributed by atoms with van der Waals surface area (Å²) in [6.07, 6.45) is 3.63. The Morgan fingerprint density at radius 1 is 1.00 bits per heavy atom. The molecule has 2 aromatic carbocycles. The van der Waals surface area contributed by atoms with Gasteiger partial charge in [0.1, 0.15) is 0 Å². The number of nitrogens with zero attached hydrogens (tertiary/aromatic N) is 1. The fourth-order valence-electron chi connectivity index (χ4n) is 3.22. The highest BCUT2D eigenvalue weighted by atomic mass is 35.5. The van der Waals surface area contributed by atoms with Gasteiger partial charge in [0.15, 0.2) is 6.61 Å². The molecule has 0 atom stereocenters. The smallest absolute Gasteiger partial charge is 0.338 e. The largest absolute Gasteiger partial charge is 0.452 e. The second-order valence-electron chi connectivity index (χ2n) is 7.07. The number of nitrogens with one attached hydrogen (secondary N) is 1. The van der Waals surface area contributed by atoms with E-state index in [4.69, 9.17) is 27.9 Å². The molecule has 0 unspecified atom stereocenters. The number of rotatable bonds is 6. The summed E-state index contributed by atoms with van der Waals surface area (Å²) >= 11 is 11.9. The summed E-state index contributed by atoms with van der Waals surface area (Å²) in [5, 5.41) is 2.96. The van der Waals surface area contributed by atoms with Gasteiger partial charge < -0.3 is 10.1 Å². The Labute approximate surface area is 191 Å². The zero-order valence-corrected chi connectivity index (χ0v) is 19.0. The molecular weight excluding hydrogens is 463 g/mol. The number of anilines is 1. The van der Waals surface area contributed by atoms with E-state index in [1.165, 1.54) is 28.6 Å². The van der Waals surface area contributed by atoms with Crippen LogP contribution in [0.3, 0.4) is 0 Å². The SMILES string of the molecule is O=C(COC(=O)c1cccc(S(=O)(=O)N2CCCCCC2)c1)Nc1cccc(Cl)c1Cl. The van der Waals surface area contributed by atoms with Crippen LogP contribution in [-0.4, -0.2) is 44.3 Å². The first-order chi connectivity index (χ1) is 14.8. The molecule has 0 aromatic heterocycles. The summed E-state index contributed by atoms with van der Waals surface area (Å²) in [5.74, 6) is -1.41. The zero-order chi connectivity index (χ0) is 22.4. The molecule has 7 nitrogen and oxygen atoms in total. The molecule has 0 spiro atoms. The average Bonchev–Trinajstić information content (AvgIpc) is 3.05. The zero-order valence-electron chi connectivity index (χ0n) is 16.6. The van der Waals surface area contributed by atoms with Crippen LogP contribution in [0.4, 0.5) is 5.69 Å². The van der Waals surface area contributed by atoms with Crippen LogP contribution in [0.1, 0.15) is 36.0 Å². The van der Waals surface area contributed by atoms with E-state index in [2.05, 4.69) is 5.32 Å². The van der Waals surface area contributed by atoms with Crippen molar-refractivity contribution in [1.82, 2.24) is 4.31 Å². The van der Waals surface area contributed by atoms with Crippen LogP contribution in [0.15, 0.2) is 47.4 Å². The number of amides is 1. The third kappa shape index (κ3) is 5.98. The molecule has 0 aliphatic carbocycles. The van der Waals surface area contributed by atoms with Crippen LogP contribution in [0.2, 0.25) is 10.0 Å². The van der Waals surface area contributed by atoms with Crippen LogP contribution in [0, 0.1) is 0 Å². The Hall–Kier alpha value is -2.13. The van der Waals surface area contributed by atoms with Gasteiger partial charge in [0.05, 0.1) is 26.2 Å². The van der Waals surface area contributed by atoms with Crippen molar-refractivity contribution in [1.29, 1.82) is 0 Å². The highest BCUT2D eigenvalue weighted by Crippen LogP contribution is 2.29. The van der Waals surface area contributed by atoms with E-state index in [-0.39, 0.29) is 20.5 Å². The molecule has 0 radical (unpaired) electrons. The minimum absolute atomic E-state index is 0.0269. The molecule has 1 saturated heterocycles. The summed E-state index contributed by atoms with van der Waals surface area (Å²) in [6.45, 7) is 0.358. The minimum Gasteiger partial charge on any atom is -0.452 e. The predicted molar refractivity (Wildman–Crippen MR) is 119 cm³/mol. The Balaban J connectivity index is 1.64.